The van der Waals surface area contributed by atoms with E-state index in [1.54, 1.807) is 21.8 Å². The average Bonchev–Trinajstić information content (AvgIpc) is 3.20. The Morgan fingerprint density at radius 3 is 2.74 bits per heavy atom. The number of rotatable bonds is 5. The maximum absolute atomic E-state index is 13.6. The molecule has 0 atom stereocenters. The first-order valence-electron chi connectivity index (χ1n) is 11.6. The van der Waals surface area contributed by atoms with E-state index < -0.39 is 0 Å². The number of hydrogen-bond donors (Lipinski definition) is 0. The molecule has 1 aromatic carbocycles. The van der Waals surface area contributed by atoms with Crippen LogP contribution < -0.4 is 10.5 Å². The third-order valence-corrected chi connectivity index (χ3v) is 6.32. The summed E-state index contributed by atoms with van der Waals surface area (Å²) in [5.41, 5.74) is 5.18. The number of hydrogen-bond acceptors (Lipinski definition) is 5. The largest absolute Gasteiger partial charge is 0.298 e. The number of H-pyrrole nitrogens is 1. The number of fused-ring (bicyclic) bond motifs is 4. The van der Waals surface area contributed by atoms with Crippen molar-refractivity contribution in [1.29, 1.82) is 0 Å². The fourth-order valence-corrected chi connectivity index (χ4v) is 4.53. The summed E-state index contributed by atoms with van der Waals surface area (Å²) < 4.78 is 3.31. The molecule has 1 aliphatic carbocycles. The molecule has 0 amide bonds. The monoisotopic (exact) mass is 450 g/mol. The van der Waals surface area contributed by atoms with Gasteiger partial charge < -0.3 is 0 Å². The molecule has 0 bridgehead atoms. The highest BCUT2D eigenvalue weighted by atomic mass is 16.1. The molecule has 0 saturated carbocycles. The van der Waals surface area contributed by atoms with Crippen LogP contribution in [0.1, 0.15) is 37.7 Å². The summed E-state index contributed by atoms with van der Waals surface area (Å²) in [6.07, 6.45) is 14.9. The minimum atomic E-state index is -0.113. The summed E-state index contributed by atoms with van der Waals surface area (Å²) in [5.74, 6) is 0. The molecule has 0 spiro atoms. The van der Waals surface area contributed by atoms with Gasteiger partial charge in [-0.2, -0.15) is 9.78 Å². The Bertz CT molecular complexity index is 1630. The Morgan fingerprint density at radius 2 is 1.94 bits per heavy atom. The predicted octanol–water partition coefficient (Wildman–Crippen LogP) is 3.88. The number of allylic oxidation sites excluding steroid dienone is 2. The van der Waals surface area contributed by atoms with Crippen LogP contribution in [0.4, 0.5) is 0 Å². The van der Waals surface area contributed by atoms with Gasteiger partial charge in [-0.25, -0.2) is 19.9 Å². The van der Waals surface area contributed by atoms with Crippen LogP contribution in [-0.4, -0.2) is 30.4 Å². The molecule has 0 aliphatic heterocycles. The van der Waals surface area contributed by atoms with Gasteiger partial charge in [0, 0.05) is 12.6 Å². The van der Waals surface area contributed by atoms with E-state index in [2.05, 4.69) is 21.1 Å². The first-order valence-corrected chi connectivity index (χ1v) is 11.6. The zero-order valence-corrected chi connectivity index (χ0v) is 18.7. The highest BCUT2D eigenvalue weighted by Gasteiger charge is 2.20. The second-order valence-electron chi connectivity index (χ2n) is 8.58. The molecule has 4 aromatic heterocycles. The van der Waals surface area contributed by atoms with Crippen LogP contribution in [0.3, 0.4) is 0 Å². The normalized spacial score (nSPS) is 14.4. The quantitative estimate of drug-likeness (QED) is 0.300. The van der Waals surface area contributed by atoms with Crippen LogP contribution in [0, 0.1) is 0 Å². The van der Waals surface area contributed by atoms with Crippen LogP contribution in [0.2, 0.25) is 0 Å². The topological polar surface area (TPSA) is 92.1 Å². The average molecular weight is 451 g/mol. The van der Waals surface area contributed by atoms with Gasteiger partial charge in [-0.05, 0) is 50.3 Å². The smallest absolute Gasteiger partial charge is 0.265 e. The van der Waals surface area contributed by atoms with Crippen molar-refractivity contribution < 1.29 is 4.98 Å². The number of pyridine rings is 1. The molecular weight excluding hydrogens is 426 g/mol. The molecule has 1 aliphatic rings. The van der Waals surface area contributed by atoms with Gasteiger partial charge in [-0.3, -0.25) is 9.36 Å². The van der Waals surface area contributed by atoms with Crippen LogP contribution in [0.5, 0.6) is 0 Å². The van der Waals surface area contributed by atoms with Crippen molar-refractivity contribution >= 4 is 39.4 Å². The molecule has 8 heteroatoms. The maximum atomic E-state index is 13.6. The Kier molecular flexibility index (Phi) is 5.18. The number of aromatic amines is 1. The van der Waals surface area contributed by atoms with Gasteiger partial charge in [0.05, 0.1) is 29.1 Å². The molecule has 0 radical (unpaired) electrons. The van der Waals surface area contributed by atoms with E-state index in [0.717, 1.165) is 35.9 Å². The van der Waals surface area contributed by atoms with Gasteiger partial charge in [-0.1, -0.05) is 23.8 Å². The van der Waals surface area contributed by atoms with E-state index in [-0.39, 0.29) is 5.56 Å². The molecule has 4 heterocycles. The van der Waals surface area contributed by atoms with Crippen LogP contribution in [-0.2, 0) is 6.54 Å². The van der Waals surface area contributed by atoms with Crippen molar-refractivity contribution in [2.45, 2.75) is 38.6 Å². The highest BCUT2D eigenvalue weighted by molar-refractivity contribution is 6.04. The Hall–Kier alpha value is -4.20. The molecule has 168 valence electrons. The van der Waals surface area contributed by atoms with Gasteiger partial charge in [0.1, 0.15) is 10.9 Å². The molecule has 0 saturated heterocycles. The first-order chi connectivity index (χ1) is 16.8. The van der Waals surface area contributed by atoms with Crippen molar-refractivity contribution in [3.8, 4) is 0 Å². The van der Waals surface area contributed by atoms with Crippen LogP contribution in [0.15, 0.2) is 76.7 Å². The van der Waals surface area contributed by atoms with Gasteiger partial charge in [0.25, 0.3) is 5.56 Å². The Labute approximate surface area is 195 Å². The molecule has 1 N–H and O–H groups in total. The van der Waals surface area contributed by atoms with Crippen molar-refractivity contribution in [3.63, 3.8) is 0 Å². The van der Waals surface area contributed by atoms with Crippen LogP contribution in [0.25, 0.3) is 33.2 Å². The van der Waals surface area contributed by atoms with Crippen molar-refractivity contribution in [1.82, 2.24) is 24.2 Å². The predicted molar refractivity (Wildman–Crippen MR) is 132 cm³/mol. The minimum Gasteiger partial charge on any atom is -0.298 e. The molecule has 34 heavy (non-hydrogen) atoms. The third-order valence-electron chi connectivity index (χ3n) is 6.32. The molecule has 0 unspecified atom stereocenters. The number of nitrogens with one attached hydrogen (secondary N) is 1. The lowest BCUT2D eigenvalue weighted by atomic mass is 9.97. The zero-order valence-electron chi connectivity index (χ0n) is 18.7. The summed E-state index contributed by atoms with van der Waals surface area (Å²) in [5, 5.41) is 5.09. The highest BCUT2D eigenvalue weighted by Crippen LogP contribution is 2.25. The molecule has 6 rings (SSSR count). The van der Waals surface area contributed by atoms with E-state index in [1.807, 2.05) is 48.8 Å². The lowest BCUT2D eigenvalue weighted by Crippen LogP contribution is -2.21. The number of nitrogens with zero attached hydrogens (tertiary/aromatic N) is 6. The summed E-state index contributed by atoms with van der Waals surface area (Å²) in [7, 11) is 0. The Balaban J connectivity index is 1.52. The summed E-state index contributed by atoms with van der Waals surface area (Å²) >= 11 is 0. The minimum absolute atomic E-state index is 0.113. The number of para-hydroxylation sites is 2. The second kappa shape index (κ2) is 8.62. The van der Waals surface area contributed by atoms with E-state index >= 15 is 0 Å². The summed E-state index contributed by atoms with van der Waals surface area (Å²) in [4.78, 5) is 30.9. The summed E-state index contributed by atoms with van der Waals surface area (Å²) in [6.45, 7) is 0.602. The van der Waals surface area contributed by atoms with Gasteiger partial charge >= 0.3 is 0 Å². The molecule has 8 nitrogen and oxygen atoms in total. The zero-order chi connectivity index (χ0) is 22.9. The van der Waals surface area contributed by atoms with Crippen molar-refractivity contribution in [3.05, 3.63) is 82.7 Å². The number of benzene rings is 1. The van der Waals surface area contributed by atoms with E-state index in [9.17, 15) is 4.79 Å². The van der Waals surface area contributed by atoms with Gasteiger partial charge in [0.15, 0.2) is 23.7 Å². The van der Waals surface area contributed by atoms with Crippen LogP contribution >= 0.6 is 0 Å². The lowest BCUT2D eigenvalue weighted by Gasteiger charge is -2.13. The van der Waals surface area contributed by atoms with Gasteiger partial charge in [-0.15, -0.1) is 0 Å². The van der Waals surface area contributed by atoms with Gasteiger partial charge in [0.2, 0.25) is 0 Å². The molecular formula is C26H24N7O+. The molecule has 5 aromatic rings. The van der Waals surface area contributed by atoms with E-state index in [0.29, 0.717) is 28.7 Å². The van der Waals surface area contributed by atoms with Crippen molar-refractivity contribution in [2.75, 3.05) is 0 Å². The van der Waals surface area contributed by atoms with E-state index in [4.69, 9.17) is 9.97 Å². The third kappa shape index (κ3) is 3.67. The maximum Gasteiger partial charge on any atom is 0.265 e. The fourth-order valence-electron chi connectivity index (χ4n) is 4.53. The first kappa shape index (κ1) is 20.4. The van der Waals surface area contributed by atoms with E-state index in [1.165, 1.54) is 18.4 Å². The number of aromatic nitrogens is 6. The number of aryl methyl sites for hydroxylation is 1. The fraction of sp³-hybridized carbons (Fsp3) is 0.231. The molecule has 0 fully saturated rings. The lowest BCUT2D eigenvalue weighted by molar-refractivity contribution is -0.378. The second-order valence-corrected chi connectivity index (χ2v) is 8.58. The summed E-state index contributed by atoms with van der Waals surface area (Å²) in [6, 6.07) is 11.5. The Morgan fingerprint density at radius 1 is 1.06 bits per heavy atom. The van der Waals surface area contributed by atoms with Crippen molar-refractivity contribution in [2.24, 2.45) is 5.10 Å². The standard InChI is InChI=1S/C26H23N7O/c34-26-22-23-25(31-21-11-5-4-10-20(21)30-23)33(29-16-19-9-6-13-27-15-19)24(22)28-17-32(26)14-12-18-7-2-1-3-8-18/h4-7,9-11,13,15-17H,1-3,8,12,14H2/p+1. The SMILES string of the molecule is O=c1c2c3nc4ccccc4nc3n(N=Cc3ccc[nH+]c3)c2ncn1CCC1=CCCCC1.